The van der Waals surface area contributed by atoms with Gasteiger partial charge in [-0.2, -0.15) is 0 Å². The number of hydrogen-bond acceptors (Lipinski definition) is 7. The summed E-state index contributed by atoms with van der Waals surface area (Å²) in [6, 6.07) is 10.8. The summed E-state index contributed by atoms with van der Waals surface area (Å²) >= 11 is 0.260. The van der Waals surface area contributed by atoms with Crippen molar-refractivity contribution in [1.29, 1.82) is 0 Å². The van der Waals surface area contributed by atoms with Crippen LogP contribution in [0.2, 0.25) is 4.82 Å². The van der Waals surface area contributed by atoms with Gasteiger partial charge in [0, 0.05) is 0 Å². The van der Waals surface area contributed by atoms with Gasteiger partial charge >= 0.3 is 265 Å². The Morgan fingerprint density at radius 1 is 0.978 bits per heavy atom. The zero-order valence-corrected chi connectivity index (χ0v) is 29.2. The molecule has 0 aromatic heterocycles. The average molecular weight is 692 g/mol. The second-order valence-electron chi connectivity index (χ2n) is 13.2. The van der Waals surface area contributed by atoms with Crippen molar-refractivity contribution in [2.45, 2.75) is 145 Å². The Balaban J connectivity index is 1.30. The van der Waals surface area contributed by atoms with Crippen LogP contribution in [0, 0.1) is 11.8 Å². The van der Waals surface area contributed by atoms with Gasteiger partial charge in [0.2, 0.25) is 0 Å². The molecule has 0 amide bonds. The summed E-state index contributed by atoms with van der Waals surface area (Å²) in [6.45, 7) is 3.83. The third-order valence-electron chi connectivity index (χ3n) is 9.83. The third kappa shape index (κ3) is 10.9. The molecule has 4 aliphatic rings. The van der Waals surface area contributed by atoms with E-state index in [1.165, 1.54) is 30.8 Å². The molecule has 0 N–H and O–H groups in total. The van der Waals surface area contributed by atoms with Crippen molar-refractivity contribution in [3.8, 4) is 0 Å². The van der Waals surface area contributed by atoms with E-state index >= 15 is 0 Å². The molecule has 0 bridgehead atoms. The molecule has 1 aliphatic carbocycles. The summed E-state index contributed by atoms with van der Waals surface area (Å²) in [6.07, 6.45) is 20.3. The summed E-state index contributed by atoms with van der Waals surface area (Å²) in [5.74, 6) is 0.529. The Hall–Kier alpha value is -1.25. The first-order valence-electron chi connectivity index (χ1n) is 17.8. The molecular weight excluding hydrogens is 635 g/mol. The molecule has 3 aliphatic heterocycles. The van der Waals surface area contributed by atoms with Gasteiger partial charge in [0.05, 0.1) is 0 Å². The molecule has 0 spiro atoms. The van der Waals surface area contributed by atoms with Gasteiger partial charge in [-0.1, -0.05) is 6.92 Å². The molecule has 0 radical (unpaired) electrons. The number of rotatable bonds is 17. The number of fused-ring (bicyclic) bond motifs is 1. The fourth-order valence-electron chi connectivity index (χ4n) is 7.38. The van der Waals surface area contributed by atoms with Gasteiger partial charge in [0.25, 0.3) is 0 Å². The van der Waals surface area contributed by atoms with Crippen molar-refractivity contribution in [2.75, 3.05) is 20.3 Å². The molecule has 5 rings (SSSR count). The van der Waals surface area contributed by atoms with E-state index in [1.807, 2.05) is 0 Å². The summed E-state index contributed by atoms with van der Waals surface area (Å²) in [5, 5.41) is 0. The van der Waals surface area contributed by atoms with Gasteiger partial charge in [-0.3, -0.25) is 0 Å². The van der Waals surface area contributed by atoms with Gasteiger partial charge < -0.3 is 0 Å². The van der Waals surface area contributed by atoms with E-state index in [2.05, 4.69) is 49.4 Å². The molecular formula is C37H56O7Se. The van der Waals surface area contributed by atoms with Crippen LogP contribution in [-0.4, -0.2) is 78.2 Å². The summed E-state index contributed by atoms with van der Waals surface area (Å²) in [7, 11) is 1.47. The molecule has 4 fully saturated rings. The standard InChI is InChI=1S/C37H56O7Se/c1-3-4-6-14-27(42-36-19-9-11-23-40-36)21-22-29-30-25-33(43-32(30)26-31(29)44-37-20-10-12-24-41-37)34(17-13-18-35(38)39-2)45-28-15-7-5-8-16-28/h5,7-8,15-16,21-22,27,29-34,36-37H,3-4,6,9-14,17-20,23-26H2,1-2H3/b22-21+/t27-,29+,30+,31+,32-,33?,34?,36?,37?/m0/s1. The fraction of sp³-hybridized carbons (Fsp3) is 0.757. The first-order chi connectivity index (χ1) is 22.1. The number of esters is 1. The van der Waals surface area contributed by atoms with Crippen molar-refractivity contribution in [1.82, 2.24) is 0 Å². The molecule has 1 aromatic rings. The summed E-state index contributed by atoms with van der Waals surface area (Å²) < 4.78 is 38.6. The van der Waals surface area contributed by atoms with Gasteiger partial charge in [0.1, 0.15) is 0 Å². The minimum atomic E-state index is -0.130. The minimum absolute atomic E-state index is 0.0517. The molecule has 3 saturated heterocycles. The number of carbonyl (C=O) groups excluding carboxylic acids is 1. The maximum atomic E-state index is 11.9. The first kappa shape index (κ1) is 35.1. The fourth-order valence-corrected chi connectivity index (χ4v) is 10.1. The van der Waals surface area contributed by atoms with Crippen LogP contribution >= 0.6 is 0 Å². The molecule has 1 saturated carbocycles. The van der Waals surface area contributed by atoms with Crippen LogP contribution in [0.15, 0.2) is 42.5 Å². The second-order valence-corrected chi connectivity index (χ2v) is 15.9. The van der Waals surface area contributed by atoms with E-state index in [0.29, 0.717) is 17.2 Å². The topological polar surface area (TPSA) is 72.5 Å². The van der Waals surface area contributed by atoms with Crippen molar-refractivity contribution in [3.63, 3.8) is 0 Å². The predicted molar refractivity (Wildman–Crippen MR) is 177 cm³/mol. The van der Waals surface area contributed by atoms with Crippen LogP contribution < -0.4 is 4.46 Å². The molecule has 9 atom stereocenters. The molecule has 1 aromatic carbocycles. The van der Waals surface area contributed by atoms with E-state index in [-0.39, 0.29) is 63.8 Å². The van der Waals surface area contributed by atoms with Crippen molar-refractivity contribution in [3.05, 3.63) is 42.5 Å². The SMILES string of the molecule is CCCCC[C@@H](/C=C/[C@@H]1[C@H]2CC(C(CCCC(=O)OC)[Se]c3ccccc3)O[C@H]2C[C@H]1OC1CCCCO1)OC1CCCCO1. The maximum absolute atomic E-state index is 11.9. The zero-order chi connectivity index (χ0) is 31.3. The first-order valence-corrected chi connectivity index (χ1v) is 19.6. The zero-order valence-electron chi connectivity index (χ0n) is 27.5. The van der Waals surface area contributed by atoms with Crippen molar-refractivity contribution >= 4 is 25.4 Å². The Kier molecular flexibility index (Phi) is 14.7. The van der Waals surface area contributed by atoms with Crippen LogP contribution in [0.25, 0.3) is 0 Å². The number of hydrogen-bond donors (Lipinski definition) is 0. The predicted octanol–water partition coefficient (Wildman–Crippen LogP) is 6.90. The Morgan fingerprint density at radius 2 is 1.76 bits per heavy atom. The quantitative estimate of drug-likeness (QED) is 0.0762. The molecule has 45 heavy (non-hydrogen) atoms. The Bertz CT molecular complexity index is 1010. The monoisotopic (exact) mass is 692 g/mol. The summed E-state index contributed by atoms with van der Waals surface area (Å²) in [5.41, 5.74) is 0. The molecule has 8 heteroatoms. The van der Waals surface area contributed by atoms with Gasteiger partial charge in [-0.05, 0) is 6.42 Å². The number of ether oxygens (including phenoxy) is 6. The molecule has 3 heterocycles. The van der Waals surface area contributed by atoms with E-state index in [4.69, 9.17) is 28.4 Å². The normalized spacial score (nSPS) is 31.6. The van der Waals surface area contributed by atoms with Crippen molar-refractivity contribution < 1.29 is 33.2 Å². The van der Waals surface area contributed by atoms with E-state index in [9.17, 15) is 4.79 Å². The van der Waals surface area contributed by atoms with Crippen LogP contribution in [0.3, 0.4) is 0 Å². The van der Waals surface area contributed by atoms with Crippen molar-refractivity contribution in [2.24, 2.45) is 11.8 Å². The number of unbranched alkanes of at least 4 members (excludes halogenated alkanes) is 2. The van der Waals surface area contributed by atoms with Gasteiger partial charge in [-0.25, -0.2) is 0 Å². The van der Waals surface area contributed by atoms with E-state index in [1.54, 1.807) is 0 Å². The van der Waals surface area contributed by atoms with E-state index < -0.39 is 0 Å². The average Bonchev–Trinajstić information content (AvgIpc) is 3.62. The Labute approximate surface area is 277 Å². The molecule has 252 valence electrons. The van der Waals surface area contributed by atoms with Gasteiger partial charge in [0.15, 0.2) is 0 Å². The van der Waals surface area contributed by atoms with Crippen LogP contribution in [0.1, 0.15) is 103 Å². The molecule has 7 nitrogen and oxygen atoms in total. The summed E-state index contributed by atoms with van der Waals surface area (Å²) in [4.78, 5) is 12.3. The number of methoxy groups -OCH3 is 1. The Morgan fingerprint density at radius 3 is 2.47 bits per heavy atom. The number of benzene rings is 1. The van der Waals surface area contributed by atoms with E-state index in [0.717, 1.165) is 83.8 Å². The van der Waals surface area contributed by atoms with Gasteiger partial charge in [-0.15, -0.1) is 0 Å². The third-order valence-corrected chi connectivity index (χ3v) is 12.7. The number of carbonyl (C=O) groups is 1. The molecule has 4 unspecified atom stereocenters. The van der Waals surface area contributed by atoms with Crippen LogP contribution in [0.5, 0.6) is 0 Å². The van der Waals surface area contributed by atoms with Crippen LogP contribution in [0.4, 0.5) is 0 Å². The van der Waals surface area contributed by atoms with Crippen LogP contribution in [-0.2, 0) is 33.2 Å². The second kappa shape index (κ2) is 18.9.